The average molecular weight is 370 g/mol. The predicted octanol–water partition coefficient (Wildman–Crippen LogP) is 3.01. The van der Waals surface area contributed by atoms with Crippen LogP contribution in [0.1, 0.15) is 19.3 Å². The molecule has 2 aliphatic rings. The summed E-state index contributed by atoms with van der Waals surface area (Å²) in [5.74, 6) is -0.689. The third-order valence-corrected chi connectivity index (χ3v) is 5.84. The molecule has 0 radical (unpaired) electrons. The lowest BCUT2D eigenvalue weighted by molar-refractivity contribution is -0.143. The Morgan fingerprint density at radius 3 is 2.62 bits per heavy atom. The second kappa shape index (κ2) is 6.01. The van der Waals surface area contributed by atoms with Crippen LogP contribution in [0.5, 0.6) is 0 Å². The van der Waals surface area contributed by atoms with E-state index in [-0.39, 0.29) is 23.9 Å². The molecule has 2 heterocycles. The maximum absolute atomic E-state index is 12.4. The Labute approximate surface area is 136 Å². The van der Waals surface area contributed by atoms with Gasteiger partial charge in [0.25, 0.3) is 0 Å². The van der Waals surface area contributed by atoms with Gasteiger partial charge in [-0.25, -0.2) is 0 Å². The van der Waals surface area contributed by atoms with Gasteiger partial charge in [0, 0.05) is 21.5 Å². The van der Waals surface area contributed by atoms with Gasteiger partial charge in [0.15, 0.2) is 0 Å². The molecule has 2 fully saturated rings. The number of carbonyl (C=O) groups is 2. The van der Waals surface area contributed by atoms with Gasteiger partial charge < -0.3 is 10.0 Å². The first-order valence-corrected chi connectivity index (χ1v) is 8.76. The standard InChI is InChI=1S/C15H16BrNO3S/c16-9-1-4-11(5-2-9)21-8-14(18)17-10-3-6-13(17)12(7-10)15(19)20/h1-2,4-5,10,12-13H,3,6-8H2,(H,19,20). The first-order chi connectivity index (χ1) is 10.1. The number of halogens is 1. The molecule has 2 aliphatic heterocycles. The molecule has 2 bridgehead atoms. The second-order valence-corrected chi connectivity index (χ2v) is 7.49. The molecule has 0 aliphatic carbocycles. The van der Waals surface area contributed by atoms with Gasteiger partial charge in [0.1, 0.15) is 0 Å². The minimum atomic E-state index is -0.763. The second-order valence-electron chi connectivity index (χ2n) is 5.52. The van der Waals surface area contributed by atoms with Gasteiger partial charge >= 0.3 is 5.97 Å². The van der Waals surface area contributed by atoms with Gasteiger partial charge in [-0.1, -0.05) is 15.9 Å². The zero-order valence-electron chi connectivity index (χ0n) is 11.4. The highest BCUT2D eigenvalue weighted by Crippen LogP contribution is 2.42. The molecule has 1 aromatic rings. The van der Waals surface area contributed by atoms with Crippen LogP contribution in [-0.2, 0) is 9.59 Å². The van der Waals surface area contributed by atoms with Crippen molar-refractivity contribution in [2.24, 2.45) is 5.92 Å². The topological polar surface area (TPSA) is 57.6 Å². The summed E-state index contributed by atoms with van der Waals surface area (Å²) in [6.07, 6.45) is 2.40. The molecular formula is C15H16BrNO3S. The fraction of sp³-hybridized carbons (Fsp3) is 0.467. The van der Waals surface area contributed by atoms with Crippen LogP contribution in [0.25, 0.3) is 0 Å². The number of carboxylic acid groups (broad SMARTS) is 1. The molecule has 21 heavy (non-hydrogen) atoms. The van der Waals surface area contributed by atoms with Crippen molar-refractivity contribution >= 4 is 39.6 Å². The highest BCUT2D eigenvalue weighted by atomic mass is 79.9. The molecule has 112 valence electrons. The molecule has 0 saturated carbocycles. The smallest absolute Gasteiger partial charge is 0.308 e. The van der Waals surface area contributed by atoms with Crippen LogP contribution in [0.15, 0.2) is 33.6 Å². The SMILES string of the molecule is O=C(O)C1CC2CCC1N2C(=O)CSc1ccc(Br)cc1. The van der Waals surface area contributed by atoms with Crippen molar-refractivity contribution in [2.75, 3.05) is 5.75 Å². The summed E-state index contributed by atoms with van der Waals surface area (Å²) in [7, 11) is 0. The highest BCUT2D eigenvalue weighted by molar-refractivity contribution is 9.10. The Kier molecular flexibility index (Phi) is 4.26. The zero-order chi connectivity index (χ0) is 15.0. The van der Waals surface area contributed by atoms with Crippen molar-refractivity contribution < 1.29 is 14.7 Å². The van der Waals surface area contributed by atoms with Crippen LogP contribution in [0.2, 0.25) is 0 Å². The maximum atomic E-state index is 12.4. The summed E-state index contributed by atoms with van der Waals surface area (Å²) in [6.45, 7) is 0. The lowest BCUT2D eigenvalue weighted by Crippen LogP contribution is -2.38. The van der Waals surface area contributed by atoms with Gasteiger partial charge in [-0.15, -0.1) is 11.8 Å². The summed E-state index contributed by atoms with van der Waals surface area (Å²) >= 11 is 4.89. The van der Waals surface area contributed by atoms with E-state index in [0.717, 1.165) is 22.2 Å². The van der Waals surface area contributed by atoms with Crippen molar-refractivity contribution in [3.63, 3.8) is 0 Å². The number of benzene rings is 1. The number of thioether (sulfide) groups is 1. The van der Waals surface area contributed by atoms with E-state index < -0.39 is 5.97 Å². The molecule has 2 saturated heterocycles. The van der Waals surface area contributed by atoms with Crippen molar-refractivity contribution in [3.05, 3.63) is 28.7 Å². The van der Waals surface area contributed by atoms with Crippen molar-refractivity contribution in [3.8, 4) is 0 Å². The molecule has 0 spiro atoms. The van der Waals surface area contributed by atoms with E-state index in [4.69, 9.17) is 0 Å². The quantitative estimate of drug-likeness (QED) is 0.828. The Morgan fingerprint density at radius 1 is 1.29 bits per heavy atom. The lowest BCUT2D eigenvalue weighted by atomic mass is 9.89. The number of fused-ring (bicyclic) bond motifs is 2. The third-order valence-electron chi connectivity index (χ3n) is 4.32. The minimum absolute atomic E-state index is 0.0687. The molecule has 3 rings (SSSR count). The Hall–Kier alpha value is -1.01. The van der Waals surface area contributed by atoms with Crippen LogP contribution < -0.4 is 0 Å². The third kappa shape index (κ3) is 2.97. The number of carbonyl (C=O) groups excluding carboxylic acids is 1. The summed E-state index contributed by atoms with van der Waals surface area (Å²) in [6, 6.07) is 7.89. The van der Waals surface area contributed by atoms with Crippen LogP contribution >= 0.6 is 27.7 Å². The molecule has 3 unspecified atom stereocenters. The van der Waals surface area contributed by atoms with E-state index in [1.54, 1.807) is 0 Å². The number of rotatable bonds is 4. The van der Waals surface area contributed by atoms with Gasteiger partial charge in [0.05, 0.1) is 11.7 Å². The number of amides is 1. The number of hydrogen-bond donors (Lipinski definition) is 1. The van der Waals surface area contributed by atoms with E-state index in [9.17, 15) is 14.7 Å². The van der Waals surface area contributed by atoms with Crippen molar-refractivity contribution in [2.45, 2.75) is 36.2 Å². The largest absolute Gasteiger partial charge is 0.481 e. The summed E-state index contributed by atoms with van der Waals surface area (Å²) in [4.78, 5) is 26.5. The first kappa shape index (κ1) is 14.9. The monoisotopic (exact) mass is 369 g/mol. The molecular weight excluding hydrogens is 354 g/mol. The average Bonchev–Trinajstić information content (AvgIpc) is 3.04. The zero-order valence-corrected chi connectivity index (χ0v) is 13.8. The predicted molar refractivity (Wildman–Crippen MR) is 84.3 cm³/mol. The molecule has 6 heteroatoms. The summed E-state index contributed by atoms with van der Waals surface area (Å²) in [5, 5.41) is 9.22. The molecule has 0 aromatic heterocycles. The lowest BCUT2D eigenvalue weighted by Gasteiger charge is -2.22. The van der Waals surface area contributed by atoms with Crippen molar-refractivity contribution in [1.82, 2.24) is 4.90 Å². The van der Waals surface area contributed by atoms with E-state index in [0.29, 0.717) is 12.2 Å². The van der Waals surface area contributed by atoms with Crippen LogP contribution in [-0.4, -0.2) is 39.7 Å². The molecule has 1 aromatic carbocycles. The van der Waals surface area contributed by atoms with Crippen LogP contribution in [0.3, 0.4) is 0 Å². The normalized spacial score (nSPS) is 27.1. The van der Waals surface area contributed by atoms with E-state index in [1.165, 1.54) is 11.8 Å². The fourth-order valence-corrected chi connectivity index (χ4v) is 4.43. The van der Waals surface area contributed by atoms with Gasteiger partial charge in [-0.05, 0) is 43.5 Å². The number of nitrogens with zero attached hydrogens (tertiary/aromatic N) is 1. The minimum Gasteiger partial charge on any atom is -0.481 e. The van der Waals surface area contributed by atoms with Gasteiger partial charge in [-0.3, -0.25) is 9.59 Å². The number of hydrogen-bond acceptors (Lipinski definition) is 3. The maximum Gasteiger partial charge on any atom is 0.308 e. The highest BCUT2D eigenvalue weighted by Gasteiger charge is 2.50. The summed E-state index contributed by atoms with van der Waals surface area (Å²) in [5.41, 5.74) is 0. The van der Waals surface area contributed by atoms with Gasteiger partial charge in [-0.2, -0.15) is 0 Å². The Balaban J connectivity index is 1.61. The Morgan fingerprint density at radius 2 is 2.00 bits per heavy atom. The van der Waals surface area contributed by atoms with E-state index in [1.807, 2.05) is 29.2 Å². The van der Waals surface area contributed by atoms with Crippen LogP contribution in [0, 0.1) is 5.92 Å². The molecule has 4 nitrogen and oxygen atoms in total. The van der Waals surface area contributed by atoms with E-state index in [2.05, 4.69) is 15.9 Å². The number of aliphatic carboxylic acids is 1. The fourth-order valence-electron chi connectivity index (χ4n) is 3.39. The summed E-state index contributed by atoms with van der Waals surface area (Å²) < 4.78 is 1.01. The van der Waals surface area contributed by atoms with Crippen LogP contribution in [0.4, 0.5) is 0 Å². The van der Waals surface area contributed by atoms with Gasteiger partial charge in [0.2, 0.25) is 5.91 Å². The molecule has 3 atom stereocenters. The number of carboxylic acids is 1. The first-order valence-electron chi connectivity index (χ1n) is 6.98. The van der Waals surface area contributed by atoms with Crippen molar-refractivity contribution in [1.29, 1.82) is 0 Å². The molecule has 1 N–H and O–H groups in total. The van der Waals surface area contributed by atoms with E-state index >= 15 is 0 Å². The Bertz CT molecular complexity index is 563. The molecule has 1 amide bonds.